The van der Waals surface area contributed by atoms with Crippen molar-refractivity contribution in [3.05, 3.63) is 0 Å². The first kappa shape index (κ1) is 28.9. The van der Waals surface area contributed by atoms with Crippen LogP contribution in [0.3, 0.4) is 0 Å². The third-order valence-electron chi connectivity index (χ3n) is 3.93. The third-order valence-corrected chi connectivity index (χ3v) is 4.29. The summed E-state index contributed by atoms with van der Waals surface area (Å²) in [6.45, 7) is -0.681. The molecule has 4 atom stereocenters. The fourth-order valence-corrected chi connectivity index (χ4v) is 2.49. The molecular formula is C16H29N7O8S. The summed E-state index contributed by atoms with van der Waals surface area (Å²) in [6.07, 6.45) is -0.323. The molecule has 0 aliphatic rings. The summed E-state index contributed by atoms with van der Waals surface area (Å²) < 4.78 is 0. The molecule has 0 aromatic carbocycles. The Morgan fingerprint density at radius 1 is 0.906 bits per heavy atom. The second-order valence-corrected chi connectivity index (χ2v) is 6.91. The molecule has 32 heavy (non-hydrogen) atoms. The summed E-state index contributed by atoms with van der Waals surface area (Å²) in [4.78, 5) is 62.6. The Bertz CT molecular complexity index is 717. The van der Waals surface area contributed by atoms with Crippen molar-refractivity contribution in [3.63, 3.8) is 0 Å². The lowest BCUT2D eigenvalue weighted by Gasteiger charge is -2.23. The van der Waals surface area contributed by atoms with Crippen LogP contribution in [0.25, 0.3) is 0 Å². The van der Waals surface area contributed by atoms with E-state index < -0.39 is 66.9 Å². The number of nitrogens with two attached hydrogens (primary N) is 3. The fourth-order valence-electron chi connectivity index (χ4n) is 2.24. The Morgan fingerprint density at radius 2 is 1.44 bits per heavy atom. The first-order valence-electron chi connectivity index (χ1n) is 9.31. The lowest BCUT2D eigenvalue weighted by atomic mass is 10.1. The minimum atomic E-state index is -1.62. The van der Waals surface area contributed by atoms with Gasteiger partial charge in [0, 0.05) is 12.3 Å². The first-order valence-corrected chi connectivity index (χ1v) is 9.94. The summed E-state index contributed by atoms with van der Waals surface area (Å²) in [5.41, 5.74) is 16.1. The molecule has 15 nitrogen and oxygen atoms in total. The molecule has 3 amide bonds. The molecule has 182 valence electrons. The van der Waals surface area contributed by atoms with E-state index in [2.05, 4.69) is 28.3 Å². The Morgan fingerprint density at radius 3 is 1.91 bits per heavy atom. The number of carbonyl (C=O) groups excluding carboxylic acids is 3. The maximum Gasteiger partial charge on any atom is 0.328 e. The Kier molecular flexibility index (Phi) is 13.4. The zero-order chi connectivity index (χ0) is 24.8. The third kappa shape index (κ3) is 11.3. The Labute approximate surface area is 188 Å². The molecule has 16 heteroatoms. The topological polar surface area (TPSA) is 273 Å². The van der Waals surface area contributed by atoms with E-state index in [9.17, 15) is 24.0 Å². The summed E-state index contributed by atoms with van der Waals surface area (Å²) in [5.74, 6) is -6.15. The molecule has 0 aliphatic carbocycles. The molecule has 0 heterocycles. The maximum atomic E-state index is 12.5. The van der Waals surface area contributed by atoms with Crippen LogP contribution in [0.4, 0.5) is 0 Å². The lowest BCUT2D eigenvalue weighted by molar-refractivity contribution is -0.144. The van der Waals surface area contributed by atoms with E-state index in [1.165, 1.54) is 0 Å². The summed E-state index contributed by atoms with van der Waals surface area (Å²) in [5, 5.41) is 33.3. The summed E-state index contributed by atoms with van der Waals surface area (Å²) >= 11 is 3.90. The van der Waals surface area contributed by atoms with Gasteiger partial charge in [-0.15, -0.1) is 0 Å². The van der Waals surface area contributed by atoms with E-state index in [1.54, 1.807) is 0 Å². The number of amides is 3. The summed E-state index contributed by atoms with van der Waals surface area (Å²) in [6, 6.07) is -5.65. The molecule has 0 fully saturated rings. The van der Waals surface area contributed by atoms with Crippen molar-refractivity contribution in [2.45, 2.75) is 43.4 Å². The molecule has 0 aromatic heterocycles. The largest absolute Gasteiger partial charge is 0.481 e. The number of aliphatic imine (C=N–C) groups is 1. The molecule has 0 bridgehead atoms. The zero-order valence-corrected chi connectivity index (χ0v) is 18.0. The highest BCUT2D eigenvalue weighted by Crippen LogP contribution is 2.01. The number of hydrogen-bond donors (Lipinski definition) is 10. The predicted molar refractivity (Wildman–Crippen MR) is 115 cm³/mol. The highest BCUT2D eigenvalue weighted by Gasteiger charge is 2.30. The van der Waals surface area contributed by atoms with Crippen molar-refractivity contribution in [3.8, 4) is 0 Å². The average Bonchev–Trinajstić information content (AvgIpc) is 2.71. The van der Waals surface area contributed by atoms with Gasteiger partial charge in [-0.1, -0.05) is 0 Å². The number of rotatable bonds is 15. The molecule has 12 N–H and O–H groups in total. The molecule has 0 radical (unpaired) electrons. The van der Waals surface area contributed by atoms with Crippen LogP contribution >= 0.6 is 12.6 Å². The number of aliphatic hydroxyl groups excluding tert-OH is 1. The highest BCUT2D eigenvalue weighted by atomic mass is 32.1. The Balaban J connectivity index is 5.09. The van der Waals surface area contributed by atoms with Crippen LogP contribution in [0.2, 0.25) is 0 Å². The number of carboxylic acids is 2. The molecule has 0 saturated carbocycles. The van der Waals surface area contributed by atoms with Gasteiger partial charge in [-0.25, -0.2) is 4.79 Å². The smallest absolute Gasteiger partial charge is 0.328 e. The SMILES string of the molecule is NC(N)=NCCCC(N)C(=O)NC(CC(=O)O)C(=O)NC(CS)C(=O)NC(CO)C(=O)O. The van der Waals surface area contributed by atoms with Crippen LogP contribution in [0.15, 0.2) is 4.99 Å². The van der Waals surface area contributed by atoms with Crippen LogP contribution in [-0.4, -0.2) is 94.0 Å². The van der Waals surface area contributed by atoms with E-state index in [0.29, 0.717) is 6.42 Å². The minimum absolute atomic E-state index is 0.127. The minimum Gasteiger partial charge on any atom is -0.481 e. The van der Waals surface area contributed by atoms with E-state index in [0.717, 1.165) is 0 Å². The number of nitrogens with zero attached hydrogens (tertiary/aromatic N) is 1. The van der Waals surface area contributed by atoms with Gasteiger partial charge in [0.2, 0.25) is 17.7 Å². The van der Waals surface area contributed by atoms with Crippen molar-refractivity contribution < 1.29 is 39.3 Å². The van der Waals surface area contributed by atoms with E-state index >= 15 is 0 Å². The van der Waals surface area contributed by atoms with Gasteiger partial charge < -0.3 is 48.5 Å². The van der Waals surface area contributed by atoms with Crippen molar-refractivity contribution in [1.29, 1.82) is 0 Å². The van der Waals surface area contributed by atoms with Gasteiger partial charge in [-0.05, 0) is 12.8 Å². The maximum absolute atomic E-state index is 12.5. The van der Waals surface area contributed by atoms with E-state index in [1.807, 2.05) is 5.32 Å². The fraction of sp³-hybridized carbons (Fsp3) is 0.625. The van der Waals surface area contributed by atoms with E-state index in [-0.39, 0.29) is 24.7 Å². The monoisotopic (exact) mass is 479 g/mol. The molecule has 0 aliphatic heterocycles. The number of carboxylic acid groups (broad SMARTS) is 2. The average molecular weight is 480 g/mol. The molecular weight excluding hydrogens is 450 g/mol. The number of carbonyl (C=O) groups is 5. The summed E-state index contributed by atoms with van der Waals surface area (Å²) in [7, 11) is 0. The van der Waals surface area contributed by atoms with Crippen LogP contribution in [0.5, 0.6) is 0 Å². The molecule has 0 rings (SSSR count). The quantitative estimate of drug-likeness (QED) is 0.0461. The second-order valence-electron chi connectivity index (χ2n) is 6.54. The normalized spacial score (nSPS) is 14.2. The van der Waals surface area contributed by atoms with Gasteiger partial charge in [0.1, 0.15) is 18.1 Å². The molecule has 0 saturated heterocycles. The van der Waals surface area contributed by atoms with Crippen LogP contribution in [-0.2, 0) is 24.0 Å². The predicted octanol–water partition coefficient (Wildman–Crippen LogP) is -4.70. The standard InChI is InChI=1S/C16H29N7O8S/c17-7(2-1-3-20-16(18)19)12(27)21-8(4-11(25)26)13(28)23-10(6-32)14(29)22-9(5-24)15(30)31/h7-10,24,32H,1-6,17H2,(H,21,27)(H,22,29)(H,23,28)(H,25,26)(H,30,31)(H4,18,19,20). The van der Waals surface area contributed by atoms with Crippen molar-refractivity contribution in [2.75, 3.05) is 18.9 Å². The van der Waals surface area contributed by atoms with Crippen LogP contribution < -0.4 is 33.2 Å². The van der Waals surface area contributed by atoms with Gasteiger partial charge >= 0.3 is 11.9 Å². The number of aliphatic hydroxyl groups is 1. The van der Waals surface area contributed by atoms with Crippen LogP contribution in [0, 0.1) is 0 Å². The first-order chi connectivity index (χ1) is 14.9. The Hall–Kier alpha value is -3.11. The molecule has 4 unspecified atom stereocenters. The van der Waals surface area contributed by atoms with E-state index in [4.69, 9.17) is 32.5 Å². The van der Waals surface area contributed by atoms with Gasteiger partial charge in [-0.3, -0.25) is 24.2 Å². The van der Waals surface area contributed by atoms with Crippen LogP contribution in [0.1, 0.15) is 19.3 Å². The number of aliphatic carboxylic acids is 2. The molecule has 0 aromatic rings. The number of nitrogens with one attached hydrogen (secondary N) is 3. The highest BCUT2D eigenvalue weighted by molar-refractivity contribution is 7.80. The van der Waals surface area contributed by atoms with Crippen molar-refractivity contribution in [1.82, 2.24) is 16.0 Å². The number of thiol groups is 1. The van der Waals surface area contributed by atoms with Gasteiger partial charge in [0.15, 0.2) is 5.96 Å². The van der Waals surface area contributed by atoms with Gasteiger partial charge in [0.05, 0.1) is 19.1 Å². The lowest BCUT2D eigenvalue weighted by Crippen LogP contribution is -2.58. The number of guanidine groups is 1. The van der Waals surface area contributed by atoms with Gasteiger partial charge in [0.25, 0.3) is 0 Å². The van der Waals surface area contributed by atoms with Gasteiger partial charge in [-0.2, -0.15) is 12.6 Å². The van der Waals surface area contributed by atoms with Crippen molar-refractivity contribution in [2.24, 2.45) is 22.2 Å². The number of hydrogen-bond acceptors (Lipinski definition) is 9. The van der Waals surface area contributed by atoms with Crippen molar-refractivity contribution >= 4 is 48.2 Å². The molecule has 0 spiro atoms. The second kappa shape index (κ2) is 14.8. The zero-order valence-electron chi connectivity index (χ0n) is 17.1.